The first-order chi connectivity index (χ1) is 16.7. The number of fused-ring (bicyclic) bond motifs is 2. The van der Waals surface area contributed by atoms with Gasteiger partial charge >= 0.3 is 0 Å². The van der Waals surface area contributed by atoms with Gasteiger partial charge in [0.1, 0.15) is 30.2 Å². The third-order valence-electron chi connectivity index (χ3n) is 5.30. The Morgan fingerprint density at radius 2 is 1.62 bits per heavy atom. The molecule has 6 rings (SSSR count). The molecule has 0 amide bonds. The Hall–Kier alpha value is -4.57. The van der Waals surface area contributed by atoms with Crippen LogP contribution in [-0.2, 0) is 13.0 Å². The highest BCUT2D eigenvalue weighted by atomic mass is 15.2. The zero-order chi connectivity index (χ0) is 23.2. The molecule has 10 heteroatoms. The van der Waals surface area contributed by atoms with Gasteiger partial charge in [0.25, 0.3) is 0 Å². The molecule has 168 valence electrons. The lowest BCUT2D eigenvalue weighted by atomic mass is 9.95. The summed E-state index contributed by atoms with van der Waals surface area (Å²) in [7, 11) is 0. The minimum Gasteiger partial charge on any atom is -0.364 e. The van der Waals surface area contributed by atoms with E-state index in [9.17, 15) is 0 Å². The molecular formula is C24H22N10. The van der Waals surface area contributed by atoms with Crippen molar-refractivity contribution in [1.82, 2.24) is 19.9 Å². The first-order valence-corrected chi connectivity index (χ1v) is 10.7. The molecule has 2 aliphatic heterocycles. The molecule has 1 unspecified atom stereocenters. The van der Waals surface area contributed by atoms with Gasteiger partial charge in [-0.2, -0.15) is 0 Å². The van der Waals surface area contributed by atoms with Crippen molar-refractivity contribution in [2.24, 2.45) is 25.7 Å². The standard InChI is InChI=1S/2C12H11N5/c1-2-4-9(5-3-1)6-13-11-10-12(15-7-14-10)17-8-16-11;13-12(6-9-4-2-1-3-5-9)10-11(15-7-14-10)16-8-17-12/h1-5,7-8H,6H2,(H2,13,14,15,16,17);1-5,7-8H,6,13H2. The second-order valence-corrected chi connectivity index (χ2v) is 7.67. The van der Waals surface area contributed by atoms with Gasteiger partial charge in [-0.1, -0.05) is 60.7 Å². The first kappa shape index (κ1) is 21.3. The molecule has 0 saturated heterocycles. The number of hydrogen-bond donors (Lipinski definition) is 3. The van der Waals surface area contributed by atoms with Crippen LogP contribution in [0.1, 0.15) is 11.1 Å². The number of nitrogens with zero attached hydrogens (tertiary/aromatic N) is 7. The number of anilines is 1. The lowest BCUT2D eigenvalue weighted by molar-refractivity contribution is 0.597. The van der Waals surface area contributed by atoms with Crippen molar-refractivity contribution in [3.05, 3.63) is 84.4 Å². The first-order valence-electron chi connectivity index (χ1n) is 10.7. The number of imidazole rings is 1. The van der Waals surface area contributed by atoms with Gasteiger partial charge < -0.3 is 16.0 Å². The highest BCUT2D eigenvalue weighted by Gasteiger charge is 2.37. The zero-order valence-corrected chi connectivity index (χ0v) is 18.2. The van der Waals surface area contributed by atoms with Gasteiger partial charge in [0.15, 0.2) is 23.0 Å². The Labute approximate surface area is 195 Å². The van der Waals surface area contributed by atoms with Gasteiger partial charge in [-0.15, -0.1) is 0 Å². The molecular weight excluding hydrogens is 428 g/mol. The van der Waals surface area contributed by atoms with Crippen LogP contribution in [-0.4, -0.2) is 49.8 Å². The molecule has 1 atom stereocenters. The van der Waals surface area contributed by atoms with Gasteiger partial charge in [0.2, 0.25) is 0 Å². The second kappa shape index (κ2) is 9.51. The van der Waals surface area contributed by atoms with Crippen molar-refractivity contribution in [3.63, 3.8) is 0 Å². The summed E-state index contributed by atoms with van der Waals surface area (Å²) in [5.41, 5.74) is 9.91. The number of aromatic nitrogens is 4. The summed E-state index contributed by atoms with van der Waals surface area (Å²) < 4.78 is 0. The van der Waals surface area contributed by atoms with E-state index in [0.717, 1.165) is 23.4 Å². The molecule has 0 saturated carbocycles. The van der Waals surface area contributed by atoms with Crippen LogP contribution in [0, 0.1) is 0 Å². The van der Waals surface area contributed by atoms with Gasteiger partial charge in [0.05, 0.1) is 6.33 Å². The fourth-order valence-corrected chi connectivity index (χ4v) is 3.62. The monoisotopic (exact) mass is 450 g/mol. The molecule has 4 N–H and O–H groups in total. The predicted octanol–water partition coefficient (Wildman–Crippen LogP) is 2.77. The number of hydrogen-bond acceptors (Lipinski definition) is 9. The summed E-state index contributed by atoms with van der Waals surface area (Å²) in [6.45, 7) is 0.728. The van der Waals surface area contributed by atoms with Crippen LogP contribution in [0.4, 0.5) is 5.82 Å². The Balaban J connectivity index is 0.000000142. The van der Waals surface area contributed by atoms with Crippen molar-refractivity contribution < 1.29 is 0 Å². The van der Waals surface area contributed by atoms with Crippen molar-refractivity contribution in [3.8, 4) is 0 Å². The van der Waals surface area contributed by atoms with Gasteiger partial charge in [-0.25, -0.2) is 34.9 Å². The number of nitrogens with one attached hydrogen (secondary N) is 2. The van der Waals surface area contributed by atoms with Gasteiger partial charge in [-0.05, 0) is 11.1 Å². The number of nitrogens with two attached hydrogens (primary N) is 1. The molecule has 0 fully saturated rings. The number of amidine groups is 1. The van der Waals surface area contributed by atoms with Crippen molar-refractivity contribution in [2.75, 3.05) is 5.32 Å². The van der Waals surface area contributed by atoms with Gasteiger partial charge in [-0.3, -0.25) is 0 Å². The minimum atomic E-state index is -0.852. The predicted molar refractivity (Wildman–Crippen MR) is 134 cm³/mol. The summed E-state index contributed by atoms with van der Waals surface area (Å²) in [6.07, 6.45) is 6.64. The second-order valence-electron chi connectivity index (χ2n) is 7.67. The topological polar surface area (TPSA) is 142 Å². The maximum absolute atomic E-state index is 6.29. The zero-order valence-electron chi connectivity index (χ0n) is 18.2. The quantitative estimate of drug-likeness (QED) is 0.429. The van der Waals surface area contributed by atoms with E-state index < -0.39 is 5.66 Å². The summed E-state index contributed by atoms with van der Waals surface area (Å²) in [5.74, 6) is 1.34. The van der Waals surface area contributed by atoms with Crippen molar-refractivity contribution >= 4 is 41.2 Å². The van der Waals surface area contributed by atoms with Gasteiger partial charge in [0, 0.05) is 13.0 Å². The molecule has 0 spiro atoms. The highest BCUT2D eigenvalue weighted by Crippen LogP contribution is 2.20. The van der Waals surface area contributed by atoms with Crippen LogP contribution < -0.4 is 11.1 Å². The third kappa shape index (κ3) is 4.62. The maximum Gasteiger partial charge on any atom is 0.182 e. The summed E-state index contributed by atoms with van der Waals surface area (Å²) in [4.78, 5) is 31.9. The van der Waals surface area contributed by atoms with Crippen molar-refractivity contribution in [2.45, 2.75) is 18.6 Å². The largest absolute Gasteiger partial charge is 0.364 e. The van der Waals surface area contributed by atoms with Crippen LogP contribution in [0.25, 0.3) is 11.2 Å². The molecule has 2 aromatic carbocycles. The number of benzene rings is 2. The SMILES string of the molecule is NC1(Cc2ccccc2)N=CN=C2N=CN=C21.c1ccc(CNc2ncnc3nc[nH]c23)cc1. The average molecular weight is 451 g/mol. The maximum atomic E-state index is 6.29. The highest BCUT2D eigenvalue weighted by molar-refractivity contribution is 6.50. The molecule has 2 aromatic heterocycles. The van der Waals surface area contributed by atoms with E-state index >= 15 is 0 Å². The Bertz CT molecular complexity index is 1390. The Kier molecular flexibility index (Phi) is 5.95. The number of H-pyrrole nitrogens is 1. The van der Waals surface area contributed by atoms with Crippen LogP contribution in [0.5, 0.6) is 0 Å². The fraction of sp³-hybridized carbons (Fsp3) is 0.125. The Morgan fingerprint density at radius 3 is 2.41 bits per heavy atom. The van der Waals surface area contributed by atoms with Crippen molar-refractivity contribution in [1.29, 1.82) is 0 Å². The van der Waals surface area contributed by atoms with E-state index in [-0.39, 0.29) is 0 Å². The summed E-state index contributed by atoms with van der Waals surface area (Å²) >= 11 is 0. The van der Waals surface area contributed by atoms with E-state index in [1.54, 1.807) is 6.33 Å². The van der Waals surface area contributed by atoms with E-state index in [2.05, 4.69) is 57.4 Å². The third-order valence-corrected chi connectivity index (χ3v) is 5.30. The van der Waals surface area contributed by atoms with Crippen LogP contribution in [0.2, 0.25) is 0 Å². The number of aromatic amines is 1. The minimum absolute atomic E-state index is 0.568. The lowest BCUT2D eigenvalue weighted by Gasteiger charge is -2.26. The molecule has 4 heterocycles. The number of rotatable bonds is 5. The Morgan fingerprint density at radius 1 is 0.853 bits per heavy atom. The molecule has 2 aliphatic rings. The summed E-state index contributed by atoms with van der Waals surface area (Å²) in [5, 5.41) is 3.27. The fourth-order valence-electron chi connectivity index (χ4n) is 3.62. The molecule has 4 aromatic rings. The smallest absolute Gasteiger partial charge is 0.182 e. The normalized spacial score (nSPS) is 18.0. The molecule has 0 aliphatic carbocycles. The number of aliphatic imine (C=N–C) groups is 4. The lowest BCUT2D eigenvalue weighted by Crippen LogP contribution is -2.52. The molecule has 0 radical (unpaired) electrons. The molecule has 0 bridgehead atoms. The van der Waals surface area contributed by atoms with E-state index in [4.69, 9.17) is 5.73 Å². The summed E-state index contributed by atoms with van der Waals surface area (Å²) in [6, 6.07) is 20.1. The van der Waals surface area contributed by atoms with Crippen LogP contribution >= 0.6 is 0 Å². The van der Waals surface area contributed by atoms with E-state index in [1.807, 2.05) is 48.5 Å². The van der Waals surface area contributed by atoms with E-state index in [1.165, 1.54) is 24.6 Å². The molecule has 34 heavy (non-hydrogen) atoms. The molecule has 10 nitrogen and oxygen atoms in total. The van der Waals surface area contributed by atoms with E-state index in [0.29, 0.717) is 23.6 Å². The van der Waals surface area contributed by atoms with Crippen LogP contribution in [0.3, 0.4) is 0 Å². The average Bonchev–Trinajstić information content (AvgIpc) is 3.55. The van der Waals surface area contributed by atoms with Crippen LogP contribution in [0.15, 0.2) is 93.3 Å².